The van der Waals surface area contributed by atoms with Gasteiger partial charge in [-0.2, -0.15) is 0 Å². The third-order valence-corrected chi connectivity index (χ3v) is 4.62. The first-order valence-corrected chi connectivity index (χ1v) is 7.68. The number of esters is 1. The summed E-state index contributed by atoms with van der Waals surface area (Å²) in [4.78, 5) is 11.6. The lowest BCUT2D eigenvalue weighted by Gasteiger charge is -2.32. The maximum Gasteiger partial charge on any atom is 0.494 e. The zero-order valence-corrected chi connectivity index (χ0v) is 14.3. The molecular weight excluding hydrogens is 279 g/mol. The zero-order chi connectivity index (χ0) is 16.5. The molecule has 0 spiro atoms. The molecule has 4 nitrogen and oxygen atoms in total. The molecule has 0 amide bonds. The van der Waals surface area contributed by atoms with Crippen LogP contribution in [-0.2, 0) is 25.3 Å². The normalized spacial score (nSPS) is 20.7. The first-order chi connectivity index (χ1) is 10.2. The molecule has 0 bridgehead atoms. The molecule has 0 saturated carbocycles. The van der Waals surface area contributed by atoms with Crippen molar-refractivity contribution < 1.29 is 18.8 Å². The number of hydrogen-bond donors (Lipinski definition) is 0. The first-order valence-electron chi connectivity index (χ1n) is 7.68. The Kier molecular flexibility index (Phi) is 4.69. The van der Waals surface area contributed by atoms with Gasteiger partial charge in [0.05, 0.1) is 24.2 Å². The van der Waals surface area contributed by atoms with Crippen LogP contribution in [0.1, 0.15) is 40.2 Å². The maximum absolute atomic E-state index is 11.6. The summed E-state index contributed by atoms with van der Waals surface area (Å²) in [5.74, 6) is -0.361. The Morgan fingerprint density at radius 1 is 1.23 bits per heavy atom. The van der Waals surface area contributed by atoms with Gasteiger partial charge in [-0.1, -0.05) is 31.2 Å². The fraction of sp³-hybridized carbons (Fsp3) is 0.588. The van der Waals surface area contributed by atoms with Crippen LogP contribution in [0.25, 0.3) is 0 Å². The molecule has 5 heteroatoms. The molecule has 0 aliphatic carbocycles. The molecule has 1 aromatic rings. The molecule has 120 valence electrons. The third kappa shape index (κ3) is 3.36. The van der Waals surface area contributed by atoms with E-state index < -0.39 is 0 Å². The third-order valence-electron chi connectivity index (χ3n) is 4.62. The number of carbonyl (C=O) groups is 1. The molecule has 0 unspecified atom stereocenters. The van der Waals surface area contributed by atoms with E-state index in [4.69, 9.17) is 14.0 Å². The van der Waals surface area contributed by atoms with E-state index in [0.29, 0.717) is 6.42 Å². The number of hydrogen-bond acceptors (Lipinski definition) is 4. The quantitative estimate of drug-likeness (QED) is 0.632. The molecule has 1 saturated heterocycles. The molecule has 1 heterocycles. The van der Waals surface area contributed by atoms with Crippen molar-refractivity contribution in [2.45, 2.75) is 52.2 Å². The minimum absolute atomic E-state index is 0.168. The van der Waals surface area contributed by atoms with Gasteiger partial charge in [0.15, 0.2) is 0 Å². The van der Waals surface area contributed by atoms with Crippen molar-refractivity contribution >= 4 is 18.6 Å². The van der Waals surface area contributed by atoms with E-state index in [-0.39, 0.29) is 30.2 Å². The summed E-state index contributed by atoms with van der Waals surface area (Å²) in [5, 5.41) is 0. The summed E-state index contributed by atoms with van der Waals surface area (Å²) in [6.07, 6.45) is 0.639. The summed E-state index contributed by atoms with van der Waals surface area (Å²) >= 11 is 0. The van der Waals surface area contributed by atoms with E-state index in [0.717, 1.165) is 11.0 Å². The van der Waals surface area contributed by atoms with Gasteiger partial charge in [-0.15, -0.1) is 0 Å². The molecular formula is C17H25BO4. The minimum atomic E-state index is -0.376. The van der Waals surface area contributed by atoms with E-state index in [2.05, 4.69) is 0 Å². The number of carbonyl (C=O) groups excluding carboxylic acids is 1. The number of ether oxygens (including phenoxy) is 1. The summed E-state index contributed by atoms with van der Waals surface area (Å²) in [6, 6.07) is 8.02. The average Bonchev–Trinajstić information content (AvgIpc) is 2.67. The van der Waals surface area contributed by atoms with Crippen LogP contribution in [0.15, 0.2) is 24.3 Å². The van der Waals surface area contributed by atoms with Crippen LogP contribution in [-0.4, -0.2) is 31.4 Å². The van der Waals surface area contributed by atoms with Gasteiger partial charge in [-0.05, 0) is 45.1 Å². The van der Waals surface area contributed by atoms with Crippen molar-refractivity contribution in [1.29, 1.82) is 0 Å². The Hall–Kier alpha value is -1.33. The highest BCUT2D eigenvalue weighted by atomic mass is 16.7. The van der Waals surface area contributed by atoms with E-state index >= 15 is 0 Å². The van der Waals surface area contributed by atoms with Crippen molar-refractivity contribution in [2.24, 2.45) is 5.92 Å². The van der Waals surface area contributed by atoms with Crippen LogP contribution in [0.2, 0.25) is 0 Å². The van der Waals surface area contributed by atoms with Gasteiger partial charge in [-0.3, -0.25) is 4.79 Å². The predicted octanol–water partition coefficient (Wildman–Crippen LogP) is 2.34. The van der Waals surface area contributed by atoms with E-state index in [1.54, 1.807) is 0 Å². The van der Waals surface area contributed by atoms with Crippen LogP contribution in [0.5, 0.6) is 0 Å². The summed E-state index contributed by atoms with van der Waals surface area (Å²) in [6.45, 7) is 10.0. The average molecular weight is 304 g/mol. The lowest BCUT2D eigenvalue weighted by molar-refractivity contribution is -0.144. The zero-order valence-electron chi connectivity index (χ0n) is 14.3. The number of benzene rings is 1. The maximum atomic E-state index is 11.6. The van der Waals surface area contributed by atoms with Gasteiger partial charge in [0.1, 0.15) is 0 Å². The van der Waals surface area contributed by atoms with E-state index in [1.165, 1.54) is 7.11 Å². The first kappa shape index (κ1) is 17.0. The van der Waals surface area contributed by atoms with Crippen LogP contribution >= 0.6 is 0 Å². The van der Waals surface area contributed by atoms with Gasteiger partial charge < -0.3 is 14.0 Å². The smallest absolute Gasteiger partial charge is 0.469 e. The molecule has 0 aromatic heterocycles. The predicted molar refractivity (Wildman–Crippen MR) is 87.0 cm³/mol. The van der Waals surface area contributed by atoms with Gasteiger partial charge in [-0.25, -0.2) is 0 Å². The molecule has 0 radical (unpaired) electrons. The molecule has 0 N–H and O–H groups in total. The van der Waals surface area contributed by atoms with E-state index in [1.807, 2.05) is 58.9 Å². The Morgan fingerprint density at radius 2 is 1.82 bits per heavy atom. The van der Waals surface area contributed by atoms with Crippen LogP contribution in [0, 0.1) is 5.92 Å². The van der Waals surface area contributed by atoms with Crippen LogP contribution in [0.4, 0.5) is 0 Å². The highest BCUT2D eigenvalue weighted by Crippen LogP contribution is 2.36. The SMILES string of the molecule is COC(=O)[C@@H](C)Cc1cccc(B2OC(C)(C)C(C)(C)O2)c1. The van der Waals surface area contributed by atoms with E-state index in [9.17, 15) is 4.79 Å². The molecule has 1 aliphatic rings. The van der Waals surface area contributed by atoms with Crippen molar-refractivity contribution in [3.63, 3.8) is 0 Å². The fourth-order valence-corrected chi connectivity index (χ4v) is 2.48. The molecule has 1 atom stereocenters. The Balaban J connectivity index is 2.15. The fourth-order valence-electron chi connectivity index (χ4n) is 2.48. The standard InChI is InChI=1S/C17H25BO4/c1-12(15(19)20-6)10-13-8-7-9-14(11-13)18-21-16(2,3)17(4,5)22-18/h7-9,11-12H,10H2,1-6H3/t12-/m0/s1. The van der Waals surface area contributed by atoms with Crippen LogP contribution < -0.4 is 5.46 Å². The second-order valence-corrected chi connectivity index (χ2v) is 6.96. The van der Waals surface area contributed by atoms with Gasteiger partial charge in [0, 0.05) is 0 Å². The lowest BCUT2D eigenvalue weighted by Crippen LogP contribution is -2.41. The number of rotatable bonds is 4. The summed E-state index contributed by atoms with van der Waals surface area (Å²) < 4.78 is 16.9. The van der Waals surface area contributed by atoms with Gasteiger partial charge >= 0.3 is 13.1 Å². The summed E-state index contributed by atoms with van der Waals surface area (Å²) in [7, 11) is 1.04. The second kappa shape index (κ2) is 6.05. The molecule has 1 fully saturated rings. The largest absolute Gasteiger partial charge is 0.494 e. The highest BCUT2D eigenvalue weighted by Gasteiger charge is 2.51. The monoisotopic (exact) mass is 304 g/mol. The Labute approximate surface area is 133 Å². The Bertz CT molecular complexity index is 537. The lowest BCUT2D eigenvalue weighted by atomic mass is 9.78. The van der Waals surface area contributed by atoms with Gasteiger partial charge in [0.2, 0.25) is 0 Å². The van der Waals surface area contributed by atoms with Crippen LogP contribution in [0.3, 0.4) is 0 Å². The number of methoxy groups -OCH3 is 1. The van der Waals surface area contributed by atoms with Crippen molar-refractivity contribution in [3.8, 4) is 0 Å². The minimum Gasteiger partial charge on any atom is -0.469 e. The molecule has 1 aliphatic heterocycles. The second-order valence-electron chi connectivity index (χ2n) is 6.96. The Morgan fingerprint density at radius 3 is 2.36 bits per heavy atom. The van der Waals surface area contributed by atoms with Crippen molar-refractivity contribution in [3.05, 3.63) is 29.8 Å². The van der Waals surface area contributed by atoms with Crippen molar-refractivity contribution in [2.75, 3.05) is 7.11 Å². The molecule has 2 rings (SSSR count). The molecule has 1 aromatic carbocycles. The summed E-state index contributed by atoms with van der Waals surface area (Å²) in [5.41, 5.74) is 1.35. The molecule has 22 heavy (non-hydrogen) atoms. The highest BCUT2D eigenvalue weighted by molar-refractivity contribution is 6.62. The van der Waals surface area contributed by atoms with Gasteiger partial charge in [0.25, 0.3) is 0 Å². The van der Waals surface area contributed by atoms with Crippen molar-refractivity contribution in [1.82, 2.24) is 0 Å². The topological polar surface area (TPSA) is 44.8 Å².